The van der Waals surface area contributed by atoms with Crippen molar-refractivity contribution in [3.05, 3.63) is 28.5 Å². The molecule has 0 N–H and O–H groups in total. The maximum absolute atomic E-state index is 11.8. The van der Waals surface area contributed by atoms with Gasteiger partial charge < -0.3 is 4.74 Å². The molecule has 104 valence electrons. The molecule has 4 nitrogen and oxygen atoms in total. The molecule has 0 aromatic carbocycles. The Bertz CT molecular complexity index is 416. The quantitative estimate of drug-likeness (QED) is 0.780. The number of esters is 1. The van der Waals surface area contributed by atoms with E-state index < -0.39 is 0 Å². The molecule has 1 saturated heterocycles. The molecule has 2 rings (SSSR count). The number of likely N-dealkylation sites (tertiary alicyclic amines) is 1. The van der Waals surface area contributed by atoms with Gasteiger partial charge in [0.05, 0.1) is 24.8 Å². The predicted molar refractivity (Wildman–Crippen MR) is 76.7 cm³/mol. The van der Waals surface area contributed by atoms with Crippen LogP contribution in [0.25, 0.3) is 0 Å². The molecule has 1 aliphatic rings. The fraction of sp³-hybridized carbons (Fsp3) is 0.571. The average molecular weight is 327 g/mol. The molecule has 0 radical (unpaired) electrons. The SMILES string of the molecule is CCOC(=O)CC(c1ccc(Br)cn1)N1CCCC1. The van der Waals surface area contributed by atoms with Crippen molar-refractivity contribution in [2.75, 3.05) is 19.7 Å². The fourth-order valence-electron chi connectivity index (χ4n) is 2.44. The van der Waals surface area contributed by atoms with Crippen LogP contribution in [0.5, 0.6) is 0 Å². The lowest BCUT2D eigenvalue weighted by Gasteiger charge is -2.26. The third-order valence-corrected chi connectivity index (χ3v) is 3.81. The Morgan fingerprint density at radius 2 is 2.21 bits per heavy atom. The first-order valence-corrected chi connectivity index (χ1v) is 7.51. The molecule has 0 saturated carbocycles. The highest BCUT2D eigenvalue weighted by atomic mass is 79.9. The lowest BCUT2D eigenvalue weighted by atomic mass is 10.1. The first kappa shape index (κ1) is 14.5. The number of rotatable bonds is 5. The van der Waals surface area contributed by atoms with E-state index in [2.05, 4.69) is 25.8 Å². The zero-order valence-corrected chi connectivity index (χ0v) is 12.7. The maximum atomic E-state index is 11.8. The number of nitrogens with zero attached hydrogens (tertiary/aromatic N) is 2. The molecule has 1 atom stereocenters. The van der Waals surface area contributed by atoms with E-state index in [0.29, 0.717) is 13.0 Å². The van der Waals surface area contributed by atoms with Crippen molar-refractivity contribution >= 4 is 21.9 Å². The number of ether oxygens (including phenoxy) is 1. The van der Waals surface area contributed by atoms with Crippen LogP contribution in [0.2, 0.25) is 0 Å². The van der Waals surface area contributed by atoms with Gasteiger partial charge in [-0.2, -0.15) is 0 Å². The summed E-state index contributed by atoms with van der Waals surface area (Å²) in [5.74, 6) is -0.149. The topological polar surface area (TPSA) is 42.4 Å². The Labute approximate surface area is 122 Å². The summed E-state index contributed by atoms with van der Waals surface area (Å²) in [6, 6.07) is 3.98. The molecule has 0 bridgehead atoms. The van der Waals surface area contributed by atoms with Gasteiger partial charge in [-0.25, -0.2) is 0 Å². The molecular weight excluding hydrogens is 308 g/mol. The van der Waals surface area contributed by atoms with Crippen LogP contribution in [0.3, 0.4) is 0 Å². The first-order chi connectivity index (χ1) is 9.20. The van der Waals surface area contributed by atoms with Crippen molar-refractivity contribution in [2.24, 2.45) is 0 Å². The minimum Gasteiger partial charge on any atom is -0.466 e. The van der Waals surface area contributed by atoms with E-state index in [4.69, 9.17) is 4.74 Å². The second kappa shape index (κ2) is 7.01. The van der Waals surface area contributed by atoms with Crippen LogP contribution in [0.4, 0.5) is 0 Å². The highest BCUT2D eigenvalue weighted by Crippen LogP contribution is 2.27. The Morgan fingerprint density at radius 1 is 1.47 bits per heavy atom. The second-order valence-electron chi connectivity index (χ2n) is 4.67. The van der Waals surface area contributed by atoms with E-state index in [1.54, 1.807) is 6.20 Å². The third-order valence-electron chi connectivity index (χ3n) is 3.34. The van der Waals surface area contributed by atoms with Gasteiger partial charge in [0.1, 0.15) is 0 Å². The Balaban J connectivity index is 2.13. The van der Waals surface area contributed by atoms with Crippen molar-refractivity contribution in [3.63, 3.8) is 0 Å². The van der Waals surface area contributed by atoms with Gasteiger partial charge in [0.25, 0.3) is 0 Å². The van der Waals surface area contributed by atoms with Gasteiger partial charge in [-0.05, 0) is 60.9 Å². The summed E-state index contributed by atoms with van der Waals surface area (Å²) in [5.41, 5.74) is 0.943. The summed E-state index contributed by atoms with van der Waals surface area (Å²) < 4.78 is 6.03. The lowest BCUT2D eigenvalue weighted by molar-refractivity contribution is -0.144. The Kier molecular flexibility index (Phi) is 5.34. The van der Waals surface area contributed by atoms with Crippen molar-refractivity contribution in [2.45, 2.75) is 32.2 Å². The average Bonchev–Trinajstić information content (AvgIpc) is 2.91. The number of carbonyl (C=O) groups excluding carboxylic acids is 1. The normalized spacial score (nSPS) is 17.4. The highest BCUT2D eigenvalue weighted by molar-refractivity contribution is 9.10. The van der Waals surface area contributed by atoms with Crippen molar-refractivity contribution in [1.29, 1.82) is 0 Å². The summed E-state index contributed by atoms with van der Waals surface area (Å²) in [5, 5.41) is 0. The zero-order chi connectivity index (χ0) is 13.7. The number of carbonyl (C=O) groups is 1. The first-order valence-electron chi connectivity index (χ1n) is 6.72. The molecule has 5 heteroatoms. The maximum Gasteiger partial charge on any atom is 0.307 e. The van der Waals surface area contributed by atoms with Gasteiger partial charge in [-0.3, -0.25) is 14.7 Å². The van der Waals surface area contributed by atoms with Crippen LogP contribution in [0.1, 0.15) is 37.9 Å². The van der Waals surface area contributed by atoms with Gasteiger partial charge >= 0.3 is 5.97 Å². The van der Waals surface area contributed by atoms with Gasteiger partial charge in [0.2, 0.25) is 0 Å². The lowest BCUT2D eigenvalue weighted by Crippen LogP contribution is -2.29. The van der Waals surface area contributed by atoms with Crippen LogP contribution < -0.4 is 0 Å². The van der Waals surface area contributed by atoms with Crippen molar-refractivity contribution in [3.8, 4) is 0 Å². The Morgan fingerprint density at radius 3 is 2.79 bits per heavy atom. The number of pyridine rings is 1. The Hall–Kier alpha value is -0.940. The fourth-order valence-corrected chi connectivity index (χ4v) is 2.67. The smallest absolute Gasteiger partial charge is 0.307 e. The summed E-state index contributed by atoms with van der Waals surface area (Å²) in [4.78, 5) is 18.5. The summed E-state index contributed by atoms with van der Waals surface area (Å²) in [6.07, 6.45) is 4.54. The summed E-state index contributed by atoms with van der Waals surface area (Å²) in [7, 11) is 0. The molecule has 1 aromatic rings. The molecule has 1 aliphatic heterocycles. The van der Waals surface area contributed by atoms with E-state index in [1.807, 2.05) is 19.1 Å². The molecule has 1 fully saturated rings. The van der Waals surface area contributed by atoms with Gasteiger partial charge in [0, 0.05) is 10.7 Å². The van der Waals surface area contributed by atoms with E-state index in [-0.39, 0.29) is 12.0 Å². The summed E-state index contributed by atoms with van der Waals surface area (Å²) in [6.45, 7) is 4.32. The zero-order valence-electron chi connectivity index (χ0n) is 11.1. The van der Waals surface area contributed by atoms with Crippen LogP contribution >= 0.6 is 15.9 Å². The minimum atomic E-state index is -0.149. The van der Waals surface area contributed by atoms with E-state index in [0.717, 1.165) is 23.3 Å². The molecular formula is C14H19BrN2O2. The minimum absolute atomic E-state index is 0.0367. The van der Waals surface area contributed by atoms with Crippen molar-refractivity contribution in [1.82, 2.24) is 9.88 Å². The number of aromatic nitrogens is 1. The molecule has 1 unspecified atom stereocenters. The third kappa shape index (κ3) is 4.01. The monoisotopic (exact) mass is 326 g/mol. The van der Waals surface area contributed by atoms with Gasteiger partial charge in [-0.15, -0.1) is 0 Å². The van der Waals surface area contributed by atoms with Crippen LogP contribution in [-0.2, 0) is 9.53 Å². The molecule has 1 aromatic heterocycles. The van der Waals surface area contributed by atoms with E-state index >= 15 is 0 Å². The predicted octanol–water partition coefficient (Wildman–Crippen LogP) is 2.93. The molecule has 19 heavy (non-hydrogen) atoms. The largest absolute Gasteiger partial charge is 0.466 e. The van der Waals surface area contributed by atoms with Crippen LogP contribution in [0, 0.1) is 0 Å². The number of hydrogen-bond acceptors (Lipinski definition) is 4. The van der Waals surface area contributed by atoms with Crippen molar-refractivity contribution < 1.29 is 9.53 Å². The van der Waals surface area contributed by atoms with E-state index in [1.165, 1.54) is 12.8 Å². The molecule has 0 aliphatic carbocycles. The van der Waals surface area contributed by atoms with Crippen LogP contribution in [0.15, 0.2) is 22.8 Å². The molecule has 0 amide bonds. The second-order valence-corrected chi connectivity index (χ2v) is 5.58. The molecule has 0 spiro atoms. The molecule has 2 heterocycles. The van der Waals surface area contributed by atoms with Gasteiger partial charge in [-0.1, -0.05) is 0 Å². The number of hydrogen-bond donors (Lipinski definition) is 0. The highest BCUT2D eigenvalue weighted by Gasteiger charge is 2.27. The van der Waals surface area contributed by atoms with E-state index in [9.17, 15) is 4.79 Å². The number of halogens is 1. The van der Waals surface area contributed by atoms with Crippen LogP contribution in [-0.4, -0.2) is 35.5 Å². The standard InChI is InChI=1S/C14H19BrN2O2/c1-2-19-14(18)9-13(17-7-3-4-8-17)12-6-5-11(15)10-16-12/h5-6,10,13H,2-4,7-9H2,1H3. The summed E-state index contributed by atoms with van der Waals surface area (Å²) >= 11 is 3.39. The van der Waals surface area contributed by atoms with Gasteiger partial charge in [0.15, 0.2) is 0 Å².